The second-order valence-corrected chi connectivity index (χ2v) is 4.41. The smallest absolute Gasteiger partial charge is 0.222 e. The molecule has 14 heavy (non-hydrogen) atoms. The van der Waals surface area contributed by atoms with Crippen LogP contribution >= 0.6 is 0 Å². The van der Waals surface area contributed by atoms with Crippen LogP contribution in [-0.4, -0.2) is 23.4 Å². The van der Waals surface area contributed by atoms with Crippen molar-refractivity contribution in [3.63, 3.8) is 0 Å². The minimum Gasteiger partial charge on any atom is -0.339 e. The van der Waals surface area contributed by atoms with Gasteiger partial charge in [0.15, 0.2) is 0 Å². The highest BCUT2D eigenvalue weighted by Crippen LogP contribution is 2.21. The summed E-state index contributed by atoms with van der Waals surface area (Å²) in [7, 11) is 0. The summed E-state index contributed by atoms with van der Waals surface area (Å²) in [5, 5.41) is 8.94. The zero-order chi connectivity index (χ0) is 10.7. The van der Waals surface area contributed by atoms with Gasteiger partial charge in [-0.15, -0.1) is 0 Å². The molecule has 1 saturated heterocycles. The summed E-state index contributed by atoms with van der Waals surface area (Å²) in [6, 6.07) is 2.59. The zero-order valence-corrected chi connectivity index (χ0v) is 9.16. The Labute approximate surface area is 85.7 Å². The lowest BCUT2D eigenvalue weighted by Crippen LogP contribution is -2.36. The van der Waals surface area contributed by atoms with E-state index in [2.05, 4.69) is 13.0 Å². The molecule has 1 aliphatic rings. The van der Waals surface area contributed by atoms with E-state index >= 15 is 0 Å². The monoisotopic (exact) mass is 194 g/mol. The van der Waals surface area contributed by atoms with Crippen LogP contribution in [0, 0.1) is 23.2 Å². The minimum absolute atomic E-state index is 0.0282. The minimum atomic E-state index is -0.0282. The van der Waals surface area contributed by atoms with Crippen LogP contribution in [0.3, 0.4) is 0 Å². The van der Waals surface area contributed by atoms with E-state index in [4.69, 9.17) is 5.26 Å². The SMILES string of the molecule is CC(C)C(C#N)CN1C(=O)CCC1C. The van der Waals surface area contributed by atoms with E-state index in [0.29, 0.717) is 24.9 Å². The van der Waals surface area contributed by atoms with Gasteiger partial charge in [0.1, 0.15) is 0 Å². The van der Waals surface area contributed by atoms with Gasteiger partial charge in [-0.3, -0.25) is 4.79 Å². The van der Waals surface area contributed by atoms with Crippen LogP contribution in [0.1, 0.15) is 33.6 Å². The van der Waals surface area contributed by atoms with E-state index in [-0.39, 0.29) is 11.8 Å². The Hall–Kier alpha value is -1.04. The molecule has 0 aromatic rings. The first-order chi connectivity index (χ1) is 6.56. The summed E-state index contributed by atoms with van der Waals surface area (Å²) in [6.45, 7) is 6.71. The number of hydrogen-bond acceptors (Lipinski definition) is 2. The van der Waals surface area contributed by atoms with Crippen molar-refractivity contribution in [3.8, 4) is 6.07 Å². The molecule has 0 aliphatic carbocycles. The second kappa shape index (κ2) is 4.45. The summed E-state index contributed by atoms with van der Waals surface area (Å²) in [5.41, 5.74) is 0. The highest BCUT2D eigenvalue weighted by Gasteiger charge is 2.30. The average Bonchev–Trinajstić information content (AvgIpc) is 2.43. The van der Waals surface area contributed by atoms with E-state index in [1.807, 2.05) is 18.7 Å². The molecule has 0 bridgehead atoms. The van der Waals surface area contributed by atoms with Crippen molar-refractivity contribution in [1.82, 2.24) is 4.90 Å². The maximum Gasteiger partial charge on any atom is 0.222 e. The van der Waals surface area contributed by atoms with Gasteiger partial charge in [0.2, 0.25) is 5.91 Å². The molecule has 0 aromatic carbocycles. The third-order valence-corrected chi connectivity index (χ3v) is 2.99. The molecular formula is C11H18N2O. The van der Waals surface area contributed by atoms with Crippen LogP contribution in [0.4, 0.5) is 0 Å². The predicted molar refractivity (Wildman–Crippen MR) is 54.4 cm³/mol. The van der Waals surface area contributed by atoms with Crippen molar-refractivity contribution in [3.05, 3.63) is 0 Å². The van der Waals surface area contributed by atoms with Crippen molar-refractivity contribution in [2.75, 3.05) is 6.54 Å². The molecular weight excluding hydrogens is 176 g/mol. The fraction of sp³-hybridized carbons (Fsp3) is 0.818. The molecule has 2 atom stereocenters. The molecule has 1 rings (SSSR count). The molecule has 1 aliphatic heterocycles. The lowest BCUT2D eigenvalue weighted by Gasteiger charge is -2.25. The molecule has 0 aromatic heterocycles. The van der Waals surface area contributed by atoms with Crippen molar-refractivity contribution in [1.29, 1.82) is 5.26 Å². The fourth-order valence-electron chi connectivity index (χ4n) is 1.77. The van der Waals surface area contributed by atoms with Crippen LogP contribution in [0.5, 0.6) is 0 Å². The first-order valence-electron chi connectivity index (χ1n) is 5.25. The first-order valence-corrected chi connectivity index (χ1v) is 5.25. The van der Waals surface area contributed by atoms with E-state index in [9.17, 15) is 4.79 Å². The maximum absolute atomic E-state index is 11.5. The molecule has 3 heteroatoms. The summed E-state index contributed by atoms with van der Waals surface area (Å²) in [6.07, 6.45) is 1.59. The van der Waals surface area contributed by atoms with E-state index < -0.39 is 0 Å². The summed E-state index contributed by atoms with van der Waals surface area (Å²) in [4.78, 5) is 13.3. The number of carbonyl (C=O) groups is 1. The van der Waals surface area contributed by atoms with E-state index in [0.717, 1.165) is 6.42 Å². The van der Waals surface area contributed by atoms with Crippen molar-refractivity contribution in [2.24, 2.45) is 11.8 Å². The number of rotatable bonds is 3. The number of nitrogens with zero attached hydrogens (tertiary/aromatic N) is 2. The molecule has 1 amide bonds. The Balaban J connectivity index is 2.58. The molecule has 3 nitrogen and oxygen atoms in total. The quantitative estimate of drug-likeness (QED) is 0.687. The van der Waals surface area contributed by atoms with Crippen LogP contribution in [0.25, 0.3) is 0 Å². The fourth-order valence-corrected chi connectivity index (χ4v) is 1.77. The normalized spacial score (nSPS) is 24.1. The van der Waals surface area contributed by atoms with Gasteiger partial charge < -0.3 is 4.90 Å². The third kappa shape index (κ3) is 2.25. The van der Waals surface area contributed by atoms with Gasteiger partial charge >= 0.3 is 0 Å². The average molecular weight is 194 g/mol. The Morgan fingerprint density at radius 2 is 2.29 bits per heavy atom. The lowest BCUT2D eigenvalue weighted by molar-refractivity contribution is -0.129. The molecule has 0 radical (unpaired) electrons. The van der Waals surface area contributed by atoms with Gasteiger partial charge in [-0.1, -0.05) is 13.8 Å². The van der Waals surface area contributed by atoms with Gasteiger partial charge in [0.05, 0.1) is 12.0 Å². The summed E-state index contributed by atoms with van der Waals surface area (Å²) in [5.74, 6) is 0.499. The van der Waals surface area contributed by atoms with E-state index in [1.54, 1.807) is 0 Å². The highest BCUT2D eigenvalue weighted by molar-refractivity contribution is 5.78. The number of amides is 1. The summed E-state index contributed by atoms with van der Waals surface area (Å²) >= 11 is 0. The molecule has 1 fully saturated rings. The standard InChI is InChI=1S/C11H18N2O/c1-8(2)10(6-12)7-13-9(3)4-5-11(13)14/h8-10H,4-5,7H2,1-3H3. The summed E-state index contributed by atoms with van der Waals surface area (Å²) < 4.78 is 0. The predicted octanol–water partition coefficient (Wildman–Crippen LogP) is 1.79. The van der Waals surface area contributed by atoms with Crippen molar-refractivity contribution < 1.29 is 4.79 Å². The maximum atomic E-state index is 11.5. The number of carbonyl (C=O) groups excluding carboxylic acids is 1. The Morgan fingerprint density at radius 1 is 1.64 bits per heavy atom. The molecule has 0 spiro atoms. The molecule has 0 N–H and O–H groups in total. The van der Waals surface area contributed by atoms with Gasteiger partial charge in [-0.05, 0) is 19.3 Å². The van der Waals surface area contributed by atoms with Gasteiger partial charge in [0, 0.05) is 19.0 Å². The Bertz CT molecular complexity index is 255. The van der Waals surface area contributed by atoms with Crippen molar-refractivity contribution in [2.45, 2.75) is 39.7 Å². The van der Waals surface area contributed by atoms with E-state index in [1.165, 1.54) is 0 Å². The molecule has 2 unspecified atom stereocenters. The Morgan fingerprint density at radius 3 is 2.64 bits per heavy atom. The van der Waals surface area contributed by atoms with Crippen LogP contribution < -0.4 is 0 Å². The lowest BCUT2D eigenvalue weighted by atomic mass is 9.97. The van der Waals surface area contributed by atoms with Gasteiger partial charge in [-0.2, -0.15) is 5.26 Å². The van der Waals surface area contributed by atoms with Gasteiger partial charge in [0.25, 0.3) is 0 Å². The van der Waals surface area contributed by atoms with Crippen molar-refractivity contribution >= 4 is 5.91 Å². The third-order valence-electron chi connectivity index (χ3n) is 2.99. The number of nitriles is 1. The molecule has 0 saturated carbocycles. The van der Waals surface area contributed by atoms with Crippen LogP contribution in [0.2, 0.25) is 0 Å². The van der Waals surface area contributed by atoms with Gasteiger partial charge in [-0.25, -0.2) is 0 Å². The number of hydrogen-bond donors (Lipinski definition) is 0. The second-order valence-electron chi connectivity index (χ2n) is 4.41. The first kappa shape index (κ1) is 11.0. The topological polar surface area (TPSA) is 44.1 Å². The largest absolute Gasteiger partial charge is 0.339 e. The zero-order valence-electron chi connectivity index (χ0n) is 9.16. The molecule has 78 valence electrons. The van der Waals surface area contributed by atoms with Crippen LogP contribution in [0.15, 0.2) is 0 Å². The van der Waals surface area contributed by atoms with Crippen LogP contribution in [-0.2, 0) is 4.79 Å². The Kier molecular flexibility index (Phi) is 3.51. The molecule has 1 heterocycles. The number of likely N-dealkylation sites (tertiary alicyclic amines) is 1. The highest BCUT2D eigenvalue weighted by atomic mass is 16.2.